The van der Waals surface area contributed by atoms with E-state index in [0.717, 1.165) is 0 Å². The van der Waals surface area contributed by atoms with Gasteiger partial charge in [0.1, 0.15) is 0 Å². The van der Waals surface area contributed by atoms with Gasteiger partial charge in [0.25, 0.3) is 0 Å². The maximum Gasteiger partial charge on any atom is 0.242 e. The molecular weight excluding hydrogens is 232 g/mol. The molecule has 1 atom stereocenters. The second-order valence-electron chi connectivity index (χ2n) is 4.22. The quantitative estimate of drug-likeness (QED) is 0.554. The van der Waals surface area contributed by atoms with Crippen molar-refractivity contribution in [2.45, 2.75) is 12.5 Å². The van der Waals surface area contributed by atoms with Gasteiger partial charge in [-0.2, -0.15) is 0 Å². The molecule has 7 heteroatoms. The molecule has 2 rings (SSSR count). The van der Waals surface area contributed by atoms with Crippen LogP contribution in [0.3, 0.4) is 0 Å². The van der Waals surface area contributed by atoms with Crippen molar-refractivity contribution in [3.8, 4) is 0 Å². The lowest BCUT2D eigenvalue weighted by molar-refractivity contribution is -0.142. The Morgan fingerprint density at radius 1 is 1.31 bits per heavy atom. The van der Waals surface area contributed by atoms with E-state index in [1.165, 1.54) is 4.90 Å². The Labute approximate surface area is 94.1 Å². The van der Waals surface area contributed by atoms with Crippen LogP contribution >= 0.6 is 0 Å². The van der Waals surface area contributed by atoms with Gasteiger partial charge < -0.3 is 9.80 Å². The minimum absolute atomic E-state index is 0.0693. The summed E-state index contributed by atoms with van der Waals surface area (Å²) in [6.45, 7) is 1.00. The van der Waals surface area contributed by atoms with Crippen LogP contribution in [0, 0.1) is 0 Å². The van der Waals surface area contributed by atoms with Crippen LogP contribution in [0.1, 0.15) is 6.42 Å². The van der Waals surface area contributed by atoms with Crippen LogP contribution in [0.4, 0.5) is 0 Å². The molecule has 2 amide bonds. The van der Waals surface area contributed by atoms with Gasteiger partial charge in [-0.1, -0.05) is 0 Å². The van der Waals surface area contributed by atoms with Crippen molar-refractivity contribution >= 4 is 22.2 Å². The third kappa shape index (κ3) is 2.18. The number of rotatable bonds is 2. The van der Waals surface area contributed by atoms with Gasteiger partial charge in [-0.15, -0.1) is 0 Å². The van der Waals surface area contributed by atoms with Crippen molar-refractivity contribution in [1.29, 1.82) is 0 Å². The molecule has 0 aromatic rings. The molecule has 0 N–H and O–H groups in total. The highest BCUT2D eigenvalue weighted by Gasteiger charge is 2.36. The van der Waals surface area contributed by atoms with E-state index in [0.29, 0.717) is 25.9 Å². The van der Waals surface area contributed by atoms with E-state index in [1.54, 1.807) is 4.90 Å². The van der Waals surface area contributed by atoms with Crippen LogP contribution in [-0.4, -0.2) is 67.7 Å². The van der Waals surface area contributed by atoms with Gasteiger partial charge in [0.2, 0.25) is 12.3 Å². The first-order valence-corrected chi connectivity index (χ1v) is 7.03. The lowest BCUT2D eigenvalue weighted by Gasteiger charge is -2.35. The molecule has 2 aliphatic rings. The third-order valence-electron chi connectivity index (χ3n) is 3.09. The van der Waals surface area contributed by atoms with Crippen molar-refractivity contribution in [3.05, 3.63) is 0 Å². The summed E-state index contributed by atoms with van der Waals surface area (Å²) in [7, 11) is -2.96. The van der Waals surface area contributed by atoms with E-state index in [4.69, 9.17) is 0 Å². The van der Waals surface area contributed by atoms with Gasteiger partial charge in [0.05, 0.1) is 18.1 Å². The molecule has 0 spiro atoms. The minimum Gasteiger partial charge on any atom is -0.335 e. The molecule has 0 bridgehead atoms. The third-order valence-corrected chi connectivity index (χ3v) is 4.84. The van der Waals surface area contributed by atoms with E-state index in [-0.39, 0.29) is 30.0 Å². The smallest absolute Gasteiger partial charge is 0.242 e. The van der Waals surface area contributed by atoms with Gasteiger partial charge in [0, 0.05) is 19.1 Å². The zero-order chi connectivity index (χ0) is 11.8. The first kappa shape index (κ1) is 11.4. The number of nitrogens with zero attached hydrogens (tertiary/aromatic N) is 2. The van der Waals surface area contributed by atoms with Crippen molar-refractivity contribution in [3.63, 3.8) is 0 Å². The Bertz CT molecular complexity index is 406. The summed E-state index contributed by atoms with van der Waals surface area (Å²) < 4.78 is 22.6. The lowest BCUT2D eigenvalue weighted by atomic mass is 10.2. The molecule has 0 saturated carbocycles. The monoisotopic (exact) mass is 246 g/mol. The zero-order valence-corrected chi connectivity index (χ0v) is 9.65. The standard InChI is InChI=1S/C9H14N2O4S/c12-7-10-2-3-11(9(13)5-10)8-1-4-16(14,15)6-8/h7-8H,1-6H2. The van der Waals surface area contributed by atoms with Gasteiger partial charge in [-0.3, -0.25) is 9.59 Å². The Morgan fingerprint density at radius 3 is 2.56 bits per heavy atom. The molecule has 0 aliphatic carbocycles. The van der Waals surface area contributed by atoms with E-state index in [1.807, 2.05) is 0 Å². The van der Waals surface area contributed by atoms with Gasteiger partial charge in [-0.05, 0) is 6.42 Å². The predicted molar refractivity (Wildman–Crippen MR) is 56.4 cm³/mol. The van der Waals surface area contributed by atoms with E-state index in [9.17, 15) is 18.0 Å². The first-order valence-electron chi connectivity index (χ1n) is 5.21. The van der Waals surface area contributed by atoms with E-state index in [2.05, 4.69) is 0 Å². The van der Waals surface area contributed by atoms with E-state index >= 15 is 0 Å². The second-order valence-corrected chi connectivity index (χ2v) is 6.45. The summed E-state index contributed by atoms with van der Waals surface area (Å²) in [5, 5.41) is 0. The molecule has 2 saturated heterocycles. The highest BCUT2D eigenvalue weighted by atomic mass is 32.2. The molecule has 16 heavy (non-hydrogen) atoms. The van der Waals surface area contributed by atoms with Crippen molar-refractivity contribution in [1.82, 2.24) is 9.80 Å². The Kier molecular flexibility index (Phi) is 2.88. The number of hydrogen-bond donors (Lipinski definition) is 0. The summed E-state index contributed by atoms with van der Waals surface area (Å²) in [5.41, 5.74) is 0. The molecule has 6 nitrogen and oxygen atoms in total. The maximum atomic E-state index is 11.7. The van der Waals surface area contributed by atoms with Crippen molar-refractivity contribution in [2.24, 2.45) is 0 Å². The van der Waals surface area contributed by atoms with Crippen LogP contribution in [0.2, 0.25) is 0 Å². The Balaban J connectivity index is 2.02. The minimum atomic E-state index is -2.96. The molecule has 2 aliphatic heterocycles. The fraction of sp³-hybridized carbons (Fsp3) is 0.778. The summed E-state index contributed by atoms with van der Waals surface area (Å²) in [5.74, 6) is 0.0824. The SMILES string of the molecule is O=CN1CCN(C2CCS(=O)(=O)C2)C(=O)C1. The second kappa shape index (κ2) is 4.04. The number of piperazine rings is 1. The molecular formula is C9H14N2O4S. The van der Waals surface area contributed by atoms with E-state index < -0.39 is 9.84 Å². The first-order chi connectivity index (χ1) is 7.52. The van der Waals surface area contributed by atoms with Crippen LogP contribution < -0.4 is 0 Å². The number of amides is 2. The number of carbonyl (C=O) groups is 2. The number of carbonyl (C=O) groups excluding carboxylic acids is 2. The Morgan fingerprint density at radius 2 is 2.06 bits per heavy atom. The van der Waals surface area contributed by atoms with Crippen LogP contribution in [-0.2, 0) is 19.4 Å². The molecule has 0 aromatic carbocycles. The molecule has 0 radical (unpaired) electrons. The Hall–Kier alpha value is -1.11. The van der Waals surface area contributed by atoms with Crippen LogP contribution in [0.15, 0.2) is 0 Å². The highest BCUT2D eigenvalue weighted by Crippen LogP contribution is 2.19. The molecule has 2 heterocycles. The van der Waals surface area contributed by atoms with Crippen molar-refractivity contribution < 1.29 is 18.0 Å². The number of sulfone groups is 1. The predicted octanol–water partition coefficient (Wildman–Crippen LogP) is -1.53. The highest BCUT2D eigenvalue weighted by molar-refractivity contribution is 7.91. The van der Waals surface area contributed by atoms with Crippen LogP contribution in [0.5, 0.6) is 0 Å². The summed E-state index contributed by atoms with van der Waals surface area (Å²) >= 11 is 0. The summed E-state index contributed by atoms with van der Waals surface area (Å²) in [6, 6.07) is -0.189. The molecule has 1 unspecified atom stereocenters. The average Bonchev–Trinajstić information content (AvgIpc) is 2.58. The topological polar surface area (TPSA) is 74.8 Å². The van der Waals surface area contributed by atoms with Gasteiger partial charge in [0.15, 0.2) is 9.84 Å². The van der Waals surface area contributed by atoms with Gasteiger partial charge >= 0.3 is 0 Å². The fourth-order valence-electron chi connectivity index (χ4n) is 2.20. The normalized spacial score (nSPS) is 29.5. The van der Waals surface area contributed by atoms with Gasteiger partial charge in [-0.25, -0.2) is 8.42 Å². The lowest BCUT2D eigenvalue weighted by Crippen LogP contribution is -2.53. The summed E-state index contributed by atoms with van der Waals surface area (Å²) in [4.78, 5) is 25.2. The molecule has 2 fully saturated rings. The number of hydrogen-bond acceptors (Lipinski definition) is 4. The largest absolute Gasteiger partial charge is 0.335 e. The molecule has 0 aromatic heterocycles. The maximum absolute atomic E-state index is 11.7. The average molecular weight is 246 g/mol. The zero-order valence-electron chi connectivity index (χ0n) is 8.83. The van der Waals surface area contributed by atoms with Crippen LogP contribution in [0.25, 0.3) is 0 Å². The molecule has 90 valence electrons. The summed E-state index contributed by atoms with van der Waals surface area (Å²) in [6.07, 6.45) is 1.18. The fourth-order valence-corrected chi connectivity index (χ4v) is 3.93. The van der Waals surface area contributed by atoms with Crippen molar-refractivity contribution in [2.75, 3.05) is 31.1 Å².